The van der Waals surface area contributed by atoms with Crippen LogP contribution < -0.4 is 0 Å². The molecule has 0 aromatic carbocycles. The summed E-state index contributed by atoms with van der Waals surface area (Å²) in [6.07, 6.45) is 11.7. The number of allylic oxidation sites excluding steroid dienone is 3. The molecule has 0 atom stereocenters. The fourth-order valence-corrected chi connectivity index (χ4v) is 2.02. The molecule has 0 nitrogen and oxygen atoms in total. The average Bonchev–Trinajstić information content (AvgIpc) is 2.19. The van der Waals surface area contributed by atoms with Crippen molar-refractivity contribution in [2.45, 2.75) is 65.7 Å². The van der Waals surface area contributed by atoms with E-state index in [9.17, 15) is 0 Å². The first-order valence-corrected chi connectivity index (χ1v) is 6.30. The third-order valence-corrected chi connectivity index (χ3v) is 3.20. The normalized spacial score (nSPS) is 20.6. The van der Waals surface area contributed by atoms with Crippen molar-refractivity contribution in [3.05, 3.63) is 28.5 Å². The minimum Gasteiger partial charge on any atom is -0.119 e. The van der Waals surface area contributed by atoms with Crippen LogP contribution >= 0.6 is 0 Å². The van der Waals surface area contributed by atoms with E-state index in [0.717, 1.165) is 0 Å². The molecule has 0 aromatic rings. The molecule has 84 valence electrons. The van der Waals surface area contributed by atoms with Gasteiger partial charge in [0.1, 0.15) is 0 Å². The van der Waals surface area contributed by atoms with Crippen molar-refractivity contribution in [1.29, 1.82) is 0 Å². The molecule has 0 saturated carbocycles. The van der Waals surface area contributed by atoms with E-state index in [0.29, 0.717) is 0 Å². The summed E-state index contributed by atoms with van der Waals surface area (Å²) in [6.45, 7) is 6.60. The lowest BCUT2D eigenvalue weighted by molar-refractivity contribution is 0.615. The van der Waals surface area contributed by atoms with E-state index in [1.54, 1.807) is 0 Å². The summed E-state index contributed by atoms with van der Waals surface area (Å²) in [4.78, 5) is 0. The Bertz CT molecular complexity index is 285. The summed E-state index contributed by atoms with van der Waals surface area (Å²) in [5.41, 5.74) is 7.67. The lowest BCUT2D eigenvalue weighted by atomic mass is 10.0. The fraction of sp³-hybridized carbons (Fsp3) is 0.667. The summed E-state index contributed by atoms with van der Waals surface area (Å²) in [7, 11) is 0. The fourth-order valence-electron chi connectivity index (χ4n) is 2.02. The van der Waals surface area contributed by atoms with Crippen molar-refractivity contribution >= 4 is 0 Å². The zero-order chi connectivity index (χ0) is 11.1. The number of hydrogen-bond acceptors (Lipinski definition) is 0. The first kappa shape index (κ1) is 12.3. The largest absolute Gasteiger partial charge is 0.119 e. The molecular formula is C15H24. The average molecular weight is 204 g/mol. The topological polar surface area (TPSA) is 0 Å². The maximum absolute atomic E-state index is 3.51. The van der Waals surface area contributed by atoms with E-state index in [1.807, 2.05) is 0 Å². The predicted octanol–water partition coefficient (Wildman–Crippen LogP) is 5.17. The van der Waals surface area contributed by atoms with Gasteiger partial charge in [0.15, 0.2) is 0 Å². The molecule has 1 aliphatic rings. The van der Waals surface area contributed by atoms with Crippen LogP contribution in [0.2, 0.25) is 0 Å². The van der Waals surface area contributed by atoms with Gasteiger partial charge in [-0.25, -0.2) is 0 Å². The van der Waals surface area contributed by atoms with E-state index in [-0.39, 0.29) is 0 Å². The maximum atomic E-state index is 3.51. The van der Waals surface area contributed by atoms with Gasteiger partial charge < -0.3 is 0 Å². The van der Waals surface area contributed by atoms with E-state index >= 15 is 0 Å². The molecule has 0 unspecified atom stereocenters. The highest BCUT2D eigenvalue weighted by Gasteiger charge is 1.97. The van der Waals surface area contributed by atoms with Crippen LogP contribution in [0.3, 0.4) is 0 Å². The SMILES string of the molecule is CC1=C=C(C)C(C)=CCCCCCCC1. The van der Waals surface area contributed by atoms with Gasteiger partial charge in [-0.15, -0.1) is 5.73 Å². The minimum atomic E-state index is 1.23. The van der Waals surface area contributed by atoms with Crippen LogP contribution in [-0.2, 0) is 0 Å². The summed E-state index contributed by atoms with van der Waals surface area (Å²) in [6, 6.07) is 0. The molecule has 0 radical (unpaired) electrons. The molecule has 0 heterocycles. The quantitative estimate of drug-likeness (QED) is 0.478. The maximum Gasteiger partial charge on any atom is -0.00660 e. The molecule has 0 fully saturated rings. The zero-order valence-corrected chi connectivity index (χ0v) is 10.5. The smallest absolute Gasteiger partial charge is 0.00660 e. The molecule has 0 spiro atoms. The van der Waals surface area contributed by atoms with Crippen molar-refractivity contribution in [3.63, 3.8) is 0 Å². The Morgan fingerprint density at radius 3 is 2.40 bits per heavy atom. The molecular weight excluding hydrogens is 180 g/mol. The van der Waals surface area contributed by atoms with E-state index in [2.05, 4.69) is 32.6 Å². The molecule has 0 aromatic heterocycles. The summed E-state index contributed by atoms with van der Waals surface area (Å²) in [5, 5.41) is 0. The Hall–Kier alpha value is -0.740. The highest BCUT2D eigenvalue weighted by Crippen LogP contribution is 2.16. The molecule has 0 N–H and O–H groups in total. The molecule has 0 aliphatic heterocycles. The molecule has 0 heteroatoms. The summed E-state index contributed by atoms with van der Waals surface area (Å²) < 4.78 is 0. The van der Waals surface area contributed by atoms with Crippen molar-refractivity contribution in [1.82, 2.24) is 0 Å². The van der Waals surface area contributed by atoms with Gasteiger partial charge in [-0.05, 0) is 63.2 Å². The van der Waals surface area contributed by atoms with E-state index in [4.69, 9.17) is 0 Å². The third kappa shape index (κ3) is 5.04. The molecule has 1 rings (SSSR count). The standard InChI is InChI=1S/C15H24/c1-13-10-8-6-4-5-7-9-11-14(2)15(3)12-13/h11H,4-10H2,1-3H3. The highest BCUT2D eigenvalue weighted by atomic mass is 14.0. The Morgan fingerprint density at radius 2 is 1.60 bits per heavy atom. The highest BCUT2D eigenvalue weighted by molar-refractivity contribution is 5.27. The van der Waals surface area contributed by atoms with E-state index in [1.165, 1.54) is 61.7 Å². The Labute approximate surface area is 94.8 Å². The van der Waals surface area contributed by atoms with Gasteiger partial charge in [-0.3, -0.25) is 0 Å². The number of hydrogen-bond donors (Lipinski definition) is 0. The van der Waals surface area contributed by atoms with Gasteiger partial charge >= 0.3 is 0 Å². The molecule has 1 aliphatic carbocycles. The monoisotopic (exact) mass is 204 g/mol. The lowest BCUT2D eigenvalue weighted by Crippen LogP contribution is -1.85. The van der Waals surface area contributed by atoms with Crippen LogP contribution in [0, 0.1) is 0 Å². The van der Waals surface area contributed by atoms with Gasteiger partial charge in [-0.2, -0.15) is 0 Å². The second-order valence-electron chi connectivity index (χ2n) is 4.72. The van der Waals surface area contributed by atoms with Crippen LogP contribution in [0.25, 0.3) is 0 Å². The van der Waals surface area contributed by atoms with Gasteiger partial charge in [-0.1, -0.05) is 25.3 Å². The van der Waals surface area contributed by atoms with Crippen molar-refractivity contribution < 1.29 is 0 Å². The third-order valence-electron chi connectivity index (χ3n) is 3.20. The first-order chi connectivity index (χ1) is 7.20. The van der Waals surface area contributed by atoms with Crippen LogP contribution in [0.4, 0.5) is 0 Å². The first-order valence-electron chi connectivity index (χ1n) is 6.30. The van der Waals surface area contributed by atoms with Crippen LogP contribution in [0.5, 0.6) is 0 Å². The predicted molar refractivity (Wildman–Crippen MR) is 68.0 cm³/mol. The Kier molecular flexibility index (Phi) is 5.50. The second kappa shape index (κ2) is 6.69. The van der Waals surface area contributed by atoms with Crippen LogP contribution in [0.15, 0.2) is 28.5 Å². The minimum absolute atomic E-state index is 1.23. The molecule has 0 amide bonds. The van der Waals surface area contributed by atoms with Gasteiger partial charge in [0.2, 0.25) is 0 Å². The van der Waals surface area contributed by atoms with Crippen LogP contribution in [-0.4, -0.2) is 0 Å². The number of rotatable bonds is 0. The molecule has 15 heavy (non-hydrogen) atoms. The van der Waals surface area contributed by atoms with E-state index < -0.39 is 0 Å². The van der Waals surface area contributed by atoms with Gasteiger partial charge in [0.05, 0.1) is 0 Å². The zero-order valence-electron chi connectivity index (χ0n) is 10.5. The van der Waals surface area contributed by atoms with Crippen LogP contribution in [0.1, 0.15) is 65.7 Å². The molecule has 0 bridgehead atoms. The lowest BCUT2D eigenvalue weighted by Gasteiger charge is -2.04. The summed E-state index contributed by atoms with van der Waals surface area (Å²) >= 11 is 0. The Morgan fingerprint density at radius 1 is 0.933 bits per heavy atom. The van der Waals surface area contributed by atoms with Gasteiger partial charge in [0, 0.05) is 0 Å². The van der Waals surface area contributed by atoms with Gasteiger partial charge in [0.25, 0.3) is 0 Å². The van der Waals surface area contributed by atoms with Crippen molar-refractivity contribution in [2.75, 3.05) is 0 Å². The second-order valence-corrected chi connectivity index (χ2v) is 4.72. The van der Waals surface area contributed by atoms with Crippen molar-refractivity contribution in [2.24, 2.45) is 0 Å². The van der Waals surface area contributed by atoms with Crippen molar-refractivity contribution in [3.8, 4) is 0 Å². The molecule has 0 saturated heterocycles. The Balaban J connectivity index is 2.79. The summed E-state index contributed by atoms with van der Waals surface area (Å²) in [5.74, 6) is 0.